The molecule has 0 atom stereocenters. The van der Waals surface area contributed by atoms with E-state index in [1.54, 1.807) is 11.1 Å². The highest BCUT2D eigenvalue weighted by atomic mass is 19.4. The molecule has 0 unspecified atom stereocenters. The second-order valence-corrected chi connectivity index (χ2v) is 11.8. The highest BCUT2D eigenvalue weighted by Gasteiger charge is 2.39. The normalized spacial score (nSPS) is 17.6. The van der Waals surface area contributed by atoms with Gasteiger partial charge in [0, 0.05) is 67.6 Å². The van der Waals surface area contributed by atoms with E-state index in [0.717, 1.165) is 54.3 Å². The number of hydrogen-bond donors (Lipinski definition) is 2. The molecule has 0 aliphatic carbocycles. The van der Waals surface area contributed by atoms with Crippen LogP contribution in [0.25, 0.3) is 22.3 Å². The monoisotopic (exact) mass is 581 g/mol. The third-order valence-electron chi connectivity index (χ3n) is 7.62. The Bertz CT molecular complexity index is 1580. The Labute approximate surface area is 240 Å². The number of alkyl halides is 3. The first-order valence-corrected chi connectivity index (χ1v) is 13.9. The number of hydrogen-bond acceptors (Lipinski definition) is 8. The molecule has 0 spiro atoms. The number of piperidine rings is 1. The van der Waals surface area contributed by atoms with E-state index in [2.05, 4.69) is 40.2 Å². The van der Waals surface area contributed by atoms with E-state index in [1.165, 1.54) is 12.4 Å². The predicted molar refractivity (Wildman–Crippen MR) is 148 cm³/mol. The first-order valence-electron chi connectivity index (χ1n) is 13.9. The van der Waals surface area contributed by atoms with Crippen molar-refractivity contribution in [2.45, 2.75) is 57.9 Å². The van der Waals surface area contributed by atoms with Gasteiger partial charge in [0.1, 0.15) is 23.7 Å². The van der Waals surface area contributed by atoms with Gasteiger partial charge >= 0.3 is 6.18 Å². The summed E-state index contributed by atoms with van der Waals surface area (Å²) in [7, 11) is 0. The van der Waals surface area contributed by atoms with Gasteiger partial charge in [-0.2, -0.15) is 18.3 Å². The van der Waals surface area contributed by atoms with Crippen LogP contribution in [0.1, 0.15) is 55.6 Å². The average molecular weight is 582 g/mol. The fourth-order valence-corrected chi connectivity index (χ4v) is 5.32. The number of carbonyl (C=O) groups excluding carboxylic acids is 1. The molecule has 4 aromatic rings. The minimum atomic E-state index is -4.75. The highest BCUT2D eigenvalue weighted by Crippen LogP contribution is 2.31. The number of nitrogens with one attached hydrogen (secondary N) is 2. The van der Waals surface area contributed by atoms with Crippen molar-refractivity contribution in [2.24, 2.45) is 0 Å². The van der Waals surface area contributed by atoms with Crippen molar-refractivity contribution in [2.75, 3.05) is 26.2 Å². The zero-order chi connectivity index (χ0) is 29.6. The lowest BCUT2D eigenvalue weighted by Crippen LogP contribution is -2.56. The summed E-state index contributed by atoms with van der Waals surface area (Å²) < 4.78 is 42.4. The second kappa shape index (κ2) is 10.7. The molecule has 4 aromatic heterocycles. The van der Waals surface area contributed by atoms with Gasteiger partial charge in [0.05, 0.1) is 17.6 Å². The molecular weight excluding hydrogens is 549 g/mol. The maximum Gasteiger partial charge on any atom is 0.451 e. The minimum Gasteiger partial charge on any atom is -0.346 e. The van der Waals surface area contributed by atoms with Crippen LogP contribution in [0, 0.1) is 6.04 Å². The number of rotatable bonds is 6. The van der Waals surface area contributed by atoms with E-state index in [1.807, 2.05) is 43.9 Å². The first-order chi connectivity index (χ1) is 19.9. The SMILES string of the molecule is CC(C)(C)NCc1cc(C(=O)N2CCC(N3C[C](n4cc(-c5ncnc6[nH]ccc56)cn4)C3)CC2)nc(C(F)(F)F)n1. The summed E-state index contributed by atoms with van der Waals surface area (Å²) in [4.78, 5) is 36.2. The van der Waals surface area contributed by atoms with Crippen molar-refractivity contribution in [1.29, 1.82) is 0 Å². The van der Waals surface area contributed by atoms with Crippen molar-refractivity contribution in [1.82, 2.24) is 49.8 Å². The van der Waals surface area contributed by atoms with Crippen molar-refractivity contribution in [3.8, 4) is 11.3 Å². The quantitative estimate of drug-likeness (QED) is 0.355. The van der Waals surface area contributed by atoms with Gasteiger partial charge in [0.25, 0.3) is 5.91 Å². The van der Waals surface area contributed by atoms with Gasteiger partial charge in [-0.15, -0.1) is 0 Å². The number of fused-ring (bicyclic) bond motifs is 1. The summed E-state index contributed by atoms with van der Waals surface area (Å²) in [6.45, 7) is 8.22. The molecule has 2 N–H and O–H groups in total. The molecule has 2 aliphatic rings. The molecule has 2 saturated heterocycles. The van der Waals surface area contributed by atoms with Crippen LogP contribution in [0.15, 0.2) is 37.1 Å². The lowest BCUT2D eigenvalue weighted by Gasteiger charge is -2.46. The molecule has 0 bridgehead atoms. The van der Waals surface area contributed by atoms with Crippen LogP contribution in [0.4, 0.5) is 13.2 Å². The van der Waals surface area contributed by atoms with Crippen LogP contribution in [0.2, 0.25) is 0 Å². The number of aromatic amines is 1. The Kier molecular flexibility index (Phi) is 7.21. The molecule has 2 aliphatic heterocycles. The van der Waals surface area contributed by atoms with E-state index in [0.29, 0.717) is 13.1 Å². The maximum absolute atomic E-state index is 13.5. The Hall–Kier alpha value is -3.91. The lowest BCUT2D eigenvalue weighted by molar-refractivity contribution is -0.145. The lowest BCUT2D eigenvalue weighted by atomic mass is 9.97. The molecular formula is C28H32F3N10O. The van der Waals surface area contributed by atoms with E-state index in [4.69, 9.17) is 0 Å². The topological polar surface area (TPSA) is 121 Å². The molecule has 221 valence electrons. The number of carbonyl (C=O) groups is 1. The van der Waals surface area contributed by atoms with Crippen molar-refractivity contribution in [3.05, 3.63) is 60.3 Å². The maximum atomic E-state index is 13.5. The van der Waals surface area contributed by atoms with Crippen molar-refractivity contribution < 1.29 is 18.0 Å². The van der Waals surface area contributed by atoms with Gasteiger partial charge in [0.2, 0.25) is 5.82 Å². The summed E-state index contributed by atoms with van der Waals surface area (Å²) in [5.41, 5.74) is 2.10. The average Bonchev–Trinajstić information content (AvgIpc) is 3.60. The van der Waals surface area contributed by atoms with E-state index in [9.17, 15) is 18.0 Å². The van der Waals surface area contributed by atoms with E-state index >= 15 is 0 Å². The molecule has 1 amide bonds. The Morgan fingerprint density at radius 3 is 2.60 bits per heavy atom. The fraction of sp³-hybridized carbons (Fsp3) is 0.464. The standard InChI is InChI=1S/C28H32F3N10O/c1-27(2,3)35-12-18-10-22(38-26(37-18)28(29,30)31)25(42)39-8-5-19(6-9-39)40-14-20(15-40)41-13-17(11-36-41)23-21-4-7-32-24(21)34-16-33-23/h4,7,10-11,13,16,19,35H,5-6,8-9,12,14-15H2,1-3H3,(H,32,33,34). The highest BCUT2D eigenvalue weighted by molar-refractivity contribution is 5.92. The summed E-state index contributed by atoms with van der Waals surface area (Å²) in [6, 6.07) is 4.74. The van der Waals surface area contributed by atoms with Crippen molar-refractivity contribution >= 4 is 16.9 Å². The first kappa shape index (κ1) is 28.2. The molecule has 6 heterocycles. The summed E-state index contributed by atoms with van der Waals surface area (Å²) in [5, 5.41) is 8.60. The molecule has 11 nitrogen and oxygen atoms in total. The Morgan fingerprint density at radius 1 is 1.12 bits per heavy atom. The van der Waals surface area contributed by atoms with Crippen LogP contribution in [-0.4, -0.2) is 88.2 Å². The van der Waals surface area contributed by atoms with Gasteiger partial charge in [0.15, 0.2) is 0 Å². The zero-order valence-corrected chi connectivity index (χ0v) is 23.6. The van der Waals surface area contributed by atoms with Crippen LogP contribution >= 0.6 is 0 Å². The Morgan fingerprint density at radius 2 is 1.88 bits per heavy atom. The van der Waals surface area contributed by atoms with Gasteiger partial charge in [-0.1, -0.05) is 0 Å². The van der Waals surface area contributed by atoms with Gasteiger partial charge in [-0.05, 0) is 45.7 Å². The molecule has 0 saturated carbocycles. The minimum absolute atomic E-state index is 0.0958. The third kappa shape index (κ3) is 5.86. The summed E-state index contributed by atoms with van der Waals surface area (Å²) in [5.74, 6) is -1.80. The molecule has 0 aromatic carbocycles. The van der Waals surface area contributed by atoms with Crippen LogP contribution in [0.5, 0.6) is 0 Å². The molecule has 14 heteroatoms. The third-order valence-corrected chi connectivity index (χ3v) is 7.62. The number of likely N-dealkylation sites (tertiary alicyclic amines) is 2. The van der Waals surface area contributed by atoms with E-state index < -0.39 is 17.9 Å². The second-order valence-electron chi connectivity index (χ2n) is 11.8. The number of aromatic nitrogens is 7. The zero-order valence-electron chi connectivity index (χ0n) is 23.6. The number of H-pyrrole nitrogens is 1. The molecule has 1 radical (unpaired) electrons. The number of nitrogens with zero attached hydrogens (tertiary/aromatic N) is 8. The van der Waals surface area contributed by atoms with Crippen LogP contribution < -0.4 is 5.32 Å². The molecule has 2 fully saturated rings. The number of amides is 1. The van der Waals surface area contributed by atoms with Gasteiger partial charge < -0.3 is 15.2 Å². The van der Waals surface area contributed by atoms with E-state index in [-0.39, 0.29) is 29.5 Å². The van der Waals surface area contributed by atoms with Gasteiger partial charge in [-0.3, -0.25) is 14.4 Å². The largest absolute Gasteiger partial charge is 0.451 e. The molecule has 6 rings (SSSR count). The summed E-state index contributed by atoms with van der Waals surface area (Å²) in [6.07, 6.45) is 3.85. The fourth-order valence-electron chi connectivity index (χ4n) is 5.32. The Balaban J connectivity index is 1.05. The van der Waals surface area contributed by atoms with Crippen LogP contribution in [-0.2, 0) is 12.7 Å². The number of halogens is 3. The van der Waals surface area contributed by atoms with Crippen LogP contribution in [0.3, 0.4) is 0 Å². The smallest absolute Gasteiger partial charge is 0.346 e. The molecule has 42 heavy (non-hydrogen) atoms. The van der Waals surface area contributed by atoms with Gasteiger partial charge in [-0.25, -0.2) is 19.9 Å². The predicted octanol–water partition coefficient (Wildman–Crippen LogP) is 3.52. The summed E-state index contributed by atoms with van der Waals surface area (Å²) >= 11 is 0. The van der Waals surface area contributed by atoms with Crippen molar-refractivity contribution in [3.63, 3.8) is 0 Å².